The Bertz CT molecular complexity index is 421. The predicted octanol–water partition coefficient (Wildman–Crippen LogP) is 3.19. The van der Waals surface area contributed by atoms with Gasteiger partial charge in [-0.25, -0.2) is 0 Å². The summed E-state index contributed by atoms with van der Waals surface area (Å²) in [5, 5.41) is 0. The van der Waals surface area contributed by atoms with Gasteiger partial charge in [-0.15, -0.1) is 0 Å². The molecule has 2 nitrogen and oxygen atoms in total. The highest BCUT2D eigenvalue weighted by molar-refractivity contribution is 9.10. The van der Waals surface area contributed by atoms with Crippen LogP contribution in [0.25, 0.3) is 0 Å². The summed E-state index contributed by atoms with van der Waals surface area (Å²) in [6.45, 7) is 3.23. The maximum atomic E-state index is 5.74. The molecule has 0 amide bonds. The first kappa shape index (κ1) is 12.5. The molecule has 18 heavy (non-hydrogen) atoms. The summed E-state index contributed by atoms with van der Waals surface area (Å²) in [5.74, 6) is 1.89. The van der Waals surface area contributed by atoms with Gasteiger partial charge in [-0.2, -0.15) is 0 Å². The molecule has 0 radical (unpaired) electrons. The SMILES string of the molecule is NCCc1cc(Br)ccc1N1CC2CCCC2C1. The molecular weight excluding hydrogens is 288 g/mol. The van der Waals surface area contributed by atoms with Gasteiger partial charge in [0.1, 0.15) is 0 Å². The van der Waals surface area contributed by atoms with E-state index in [1.807, 2.05) is 0 Å². The Balaban J connectivity index is 1.83. The molecule has 1 aliphatic carbocycles. The van der Waals surface area contributed by atoms with Gasteiger partial charge in [-0.1, -0.05) is 22.4 Å². The highest BCUT2D eigenvalue weighted by Crippen LogP contribution is 2.40. The Morgan fingerprint density at radius 1 is 1.22 bits per heavy atom. The number of halogens is 1. The van der Waals surface area contributed by atoms with Crippen LogP contribution in [0.2, 0.25) is 0 Å². The molecule has 2 atom stereocenters. The molecule has 98 valence electrons. The summed E-state index contributed by atoms with van der Waals surface area (Å²) >= 11 is 3.56. The second-order valence-electron chi connectivity index (χ2n) is 5.67. The van der Waals surface area contributed by atoms with Gasteiger partial charge in [0.25, 0.3) is 0 Å². The summed E-state index contributed by atoms with van der Waals surface area (Å²) in [6, 6.07) is 6.65. The van der Waals surface area contributed by atoms with Crippen LogP contribution in [-0.4, -0.2) is 19.6 Å². The van der Waals surface area contributed by atoms with E-state index in [0.717, 1.165) is 29.3 Å². The van der Waals surface area contributed by atoms with E-state index in [9.17, 15) is 0 Å². The van der Waals surface area contributed by atoms with Crippen LogP contribution < -0.4 is 10.6 Å². The van der Waals surface area contributed by atoms with Crippen molar-refractivity contribution >= 4 is 21.6 Å². The van der Waals surface area contributed by atoms with Crippen LogP contribution in [0, 0.1) is 11.8 Å². The zero-order valence-corrected chi connectivity index (χ0v) is 12.3. The maximum absolute atomic E-state index is 5.74. The Hall–Kier alpha value is -0.540. The molecule has 1 saturated carbocycles. The predicted molar refractivity (Wildman–Crippen MR) is 79.9 cm³/mol. The molecule has 2 N–H and O–H groups in total. The van der Waals surface area contributed by atoms with Gasteiger partial charge in [0.15, 0.2) is 0 Å². The quantitative estimate of drug-likeness (QED) is 0.929. The van der Waals surface area contributed by atoms with Crippen LogP contribution in [0.3, 0.4) is 0 Å². The van der Waals surface area contributed by atoms with Gasteiger partial charge in [0.05, 0.1) is 0 Å². The first-order valence-corrected chi connectivity index (χ1v) is 7.80. The third-order valence-electron chi connectivity index (χ3n) is 4.52. The van der Waals surface area contributed by atoms with Gasteiger partial charge in [0.2, 0.25) is 0 Å². The molecule has 2 fully saturated rings. The number of hydrogen-bond donors (Lipinski definition) is 1. The molecule has 1 aliphatic heterocycles. The first-order valence-electron chi connectivity index (χ1n) is 7.01. The van der Waals surface area contributed by atoms with E-state index in [0.29, 0.717) is 0 Å². The fraction of sp³-hybridized carbons (Fsp3) is 0.600. The standard InChI is InChI=1S/C15H21BrN2/c16-14-4-5-15(11(8-14)6-7-17)18-9-12-2-1-3-13(12)10-18/h4-5,8,12-13H,1-3,6-7,9-10,17H2. The van der Waals surface area contributed by atoms with Gasteiger partial charge < -0.3 is 10.6 Å². The average Bonchev–Trinajstić information content (AvgIpc) is 2.90. The Kier molecular flexibility index (Phi) is 3.62. The van der Waals surface area contributed by atoms with Crippen LogP contribution >= 0.6 is 15.9 Å². The van der Waals surface area contributed by atoms with Gasteiger partial charge in [-0.3, -0.25) is 0 Å². The van der Waals surface area contributed by atoms with E-state index in [4.69, 9.17) is 5.73 Å². The fourth-order valence-electron chi connectivity index (χ4n) is 3.65. The smallest absolute Gasteiger partial charge is 0.0400 e. The summed E-state index contributed by atoms with van der Waals surface area (Å²) in [6.07, 6.45) is 5.29. The third kappa shape index (κ3) is 2.30. The average molecular weight is 309 g/mol. The molecule has 2 aliphatic rings. The number of fused-ring (bicyclic) bond motifs is 1. The molecule has 0 spiro atoms. The van der Waals surface area contributed by atoms with E-state index < -0.39 is 0 Å². The van der Waals surface area contributed by atoms with Crippen LogP contribution in [0.15, 0.2) is 22.7 Å². The largest absolute Gasteiger partial charge is 0.371 e. The molecule has 1 saturated heterocycles. The maximum Gasteiger partial charge on any atom is 0.0400 e. The lowest BCUT2D eigenvalue weighted by atomic mass is 10.0. The number of nitrogens with zero attached hydrogens (tertiary/aromatic N) is 1. The van der Waals surface area contributed by atoms with Crippen molar-refractivity contribution in [2.75, 3.05) is 24.5 Å². The van der Waals surface area contributed by atoms with Crippen LogP contribution in [0.1, 0.15) is 24.8 Å². The van der Waals surface area contributed by atoms with Crippen molar-refractivity contribution in [2.45, 2.75) is 25.7 Å². The van der Waals surface area contributed by atoms with E-state index in [1.165, 1.54) is 43.6 Å². The number of nitrogens with two attached hydrogens (primary N) is 1. The lowest BCUT2D eigenvalue weighted by Gasteiger charge is -2.23. The van der Waals surface area contributed by atoms with E-state index >= 15 is 0 Å². The number of rotatable bonds is 3. The zero-order chi connectivity index (χ0) is 12.5. The van der Waals surface area contributed by atoms with E-state index in [-0.39, 0.29) is 0 Å². The van der Waals surface area contributed by atoms with Gasteiger partial charge in [0, 0.05) is 23.2 Å². The number of anilines is 1. The molecule has 1 aromatic carbocycles. The highest BCUT2D eigenvalue weighted by atomic mass is 79.9. The molecular formula is C15H21BrN2. The third-order valence-corrected chi connectivity index (χ3v) is 5.02. The van der Waals surface area contributed by atoms with Crippen molar-refractivity contribution in [1.82, 2.24) is 0 Å². The fourth-order valence-corrected chi connectivity index (χ4v) is 4.06. The summed E-state index contributed by atoms with van der Waals surface area (Å²) in [7, 11) is 0. The molecule has 2 unspecified atom stereocenters. The molecule has 3 heteroatoms. The lowest BCUT2D eigenvalue weighted by molar-refractivity contribution is 0.494. The molecule has 0 bridgehead atoms. The molecule has 3 rings (SSSR count). The van der Waals surface area contributed by atoms with Gasteiger partial charge >= 0.3 is 0 Å². The van der Waals surface area contributed by atoms with Crippen LogP contribution in [-0.2, 0) is 6.42 Å². The Labute approximate surface area is 118 Å². The minimum absolute atomic E-state index is 0.726. The lowest BCUT2D eigenvalue weighted by Crippen LogP contribution is -2.22. The van der Waals surface area contributed by atoms with Crippen molar-refractivity contribution in [3.63, 3.8) is 0 Å². The van der Waals surface area contributed by atoms with E-state index in [2.05, 4.69) is 39.0 Å². The van der Waals surface area contributed by atoms with Crippen molar-refractivity contribution < 1.29 is 0 Å². The van der Waals surface area contributed by atoms with Crippen molar-refractivity contribution in [2.24, 2.45) is 17.6 Å². The number of benzene rings is 1. The number of hydrogen-bond acceptors (Lipinski definition) is 2. The molecule has 1 heterocycles. The normalized spacial score (nSPS) is 26.7. The van der Waals surface area contributed by atoms with Crippen molar-refractivity contribution in [3.05, 3.63) is 28.2 Å². The highest BCUT2D eigenvalue weighted by Gasteiger charge is 2.36. The van der Waals surface area contributed by atoms with Crippen molar-refractivity contribution in [3.8, 4) is 0 Å². The molecule has 1 aromatic rings. The second-order valence-corrected chi connectivity index (χ2v) is 6.58. The summed E-state index contributed by atoms with van der Waals surface area (Å²) in [4.78, 5) is 2.59. The summed E-state index contributed by atoms with van der Waals surface area (Å²) in [5.41, 5.74) is 8.55. The van der Waals surface area contributed by atoms with Gasteiger partial charge in [-0.05, 0) is 61.4 Å². The minimum Gasteiger partial charge on any atom is -0.371 e. The van der Waals surface area contributed by atoms with Crippen molar-refractivity contribution in [1.29, 1.82) is 0 Å². The topological polar surface area (TPSA) is 29.3 Å². The van der Waals surface area contributed by atoms with Crippen LogP contribution in [0.4, 0.5) is 5.69 Å². The monoisotopic (exact) mass is 308 g/mol. The minimum atomic E-state index is 0.726. The summed E-state index contributed by atoms with van der Waals surface area (Å²) < 4.78 is 1.16. The second kappa shape index (κ2) is 5.22. The van der Waals surface area contributed by atoms with E-state index in [1.54, 1.807) is 0 Å². The van der Waals surface area contributed by atoms with Crippen LogP contribution in [0.5, 0.6) is 0 Å². The first-order chi connectivity index (χ1) is 8.78. The Morgan fingerprint density at radius 2 is 1.94 bits per heavy atom. The zero-order valence-electron chi connectivity index (χ0n) is 10.7. The Morgan fingerprint density at radius 3 is 2.61 bits per heavy atom. The molecule has 0 aromatic heterocycles.